The molecule has 7 nitrogen and oxygen atoms in total. The number of rotatable bonds is 11. The van der Waals surface area contributed by atoms with Gasteiger partial charge in [0, 0.05) is 45.0 Å². The summed E-state index contributed by atoms with van der Waals surface area (Å²) in [6, 6.07) is 10.2. The Bertz CT molecular complexity index is 732. The number of hydrogen-bond donors (Lipinski definition) is 2. The SMILES string of the molecule is CCNC(=NCCCOCC1CCOC1)NCCc1cnn(-c2ccccc2)c1.I. The van der Waals surface area contributed by atoms with Crippen molar-refractivity contribution < 1.29 is 9.47 Å². The molecule has 2 aromatic rings. The van der Waals surface area contributed by atoms with Crippen LogP contribution in [-0.2, 0) is 15.9 Å². The summed E-state index contributed by atoms with van der Waals surface area (Å²) in [6.07, 6.45) is 6.94. The quantitative estimate of drug-likeness (QED) is 0.204. The standard InChI is InChI=1S/C22H33N5O2.HI/c1-2-23-22(24-11-6-13-28-17-20-10-14-29-18-20)25-12-9-19-15-26-27(16-19)21-7-4-3-5-8-21;/h3-5,7-8,15-16,20H,2,6,9-14,17-18H2,1H3,(H2,23,24,25);1H. The van der Waals surface area contributed by atoms with Gasteiger partial charge in [-0.05, 0) is 43.9 Å². The number of halogens is 1. The number of nitrogens with zero attached hydrogens (tertiary/aromatic N) is 3. The summed E-state index contributed by atoms with van der Waals surface area (Å²) in [4.78, 5) is 4.64. The van der Waals surface area contributed by atoms with Gasteiger partial charge in [0.25, 0.3) is 0 Å². The summed E-state index contributed by atoms with van der Waals surface area (Å²) in [6.45, 7) is 7.76. The normalized spacial score (nSPS) is 16.3. The molecule has 3 rings (SSSR count). The van der Waals surface area contributed by atoms with E-state index >= 15 is 0 Å². The molecule has 0 bridgehead atoms. The maximum atomic E-state index is 5.74. The van der Waals surface area contributed by atoms with Crippen molar-refractivity contribution >= 4 is 29.9 Å². The highest BCUT2D eigenvalue weighted by Crippen LogP contribution is 2.12. The van der Waals surface area contributed by atoms with Crippen molar-refractivity contribution in [3.63, 3.8) is 0 Å². The van der Waals surface area contributed by atoms with Crippen LogP contribution < -0.4 is 10.6 Å². The Morgan fingerprint density at radius 3 is 2.93 bits per heavy atom. The molecular formula is C22H34IN5O2. The first-order chi connectivity index (χ1) is 14.3. The van der Waals surface area contributed by atoms with E-state index in [0.29, 0.717) is 5.92 Å². The van der Waals surface area contributed by atoms with Gasteiger partial charge in [0.05, 0.1) is 25.1 Å². The Balaban J connectivity index is 0.00000320. The smallest absolute Gasteiger partial charge is 0.191 e. The first-order valence-corrected chi connectivity index (χ1v) is 10.6. The molecule has 0 radical (unpaired) electrons. The molecule has 166 valence electrons. The molecule has 1 atom stereocenters. The molecule has 1 aromatic carbocycles. The highest BCUT2D eigenvalue weighted by Gasteiger charge is 2.15. The van der Waals surface area contributed by atoms with E-state index < -0.39 is 0 Å². The molecule has 1 aromatic heterocycles. The van der Waals surface area contributed by atoms with Gasteiger partial charge in [-0.15, -0.1) is 24.0 Å². The van der Waals surface area contributed by atoms with Crippen molar-refractivity contribution in [1.29, 1.82) is 0 Å². The summed E-state index contributed by atoms with van der Waals surface area (Å²) in [5.41, 5.74) is 2.27. The summed E-state index contributed by atoms with van der Waals surface area (Å²) >= 11 is 0. The average molecular weight is 527 g/mol. The van der Waals surface area contributed by atoms with Crippen LogP contribution in [0.2, 0.25) is 0 Å². The van der Waals surface area contributed by atoms with E-state index in [1.807, 2.05) is 29.1 Å². The van der Waals surface area contributed by atoms with Crippen molar-refractivity contribution in [2.75, 3.05) is 46.1 Å². The number of benzene rings is 1. The zero-order chi connectivity index (χ0) is 20.2. The van der Waals surface area contributed by atoms with E-state index in [0.717, 1.165) is 77.0 Å². The molecule has 30 heavy (non-hydrogen) atoms. The molecule has 1 aliphatic heterocycles. The highest BCUT2D eigenvalue weighted by atomic mass is 127. The molecule has 1 unspecified atom stereocenters. The summed E-state index contributed by atoms with van der Waals surface area (Å²) in [5, 5.41) is 11.1. The van der Waals surface area contributed by atoms with Crippen LogP contribution in [0.3, 0.4) is 0 Å². The predicted octanol–water partition coefficient (Wildman–Crippen LogP) is 3.03. The summed E-state index contributed by atoms with van der Waals surface area (Å²) in [5.74, 6) is 1.43. The Hall–Kier alpha value is -1.65. The molecule has 8 heteroatoms. The Kier molecular flexibility index (Phi) is 11.8. The van der Waals surface area contributed by atoms with Crippen molar-refractivity contribution in [2.24, 2.45) is 10.9 Å². The number of aromatic nitrogens is 2. The van der Waals surface area contributed by atoms with Gasteiger partial charge in [0.15, 0.2) is 5.96 Å². The average Bonchev–Trinajstić information content (AvgIpc) is 3.43. The molecule has 2 heterocycles. The van der Waals surface area contributed by atoms with E-state index in [-0.39, 0.29) is 24.0 Å². The van der Waals surface area contributed by atoms with Crippen LogP contribution in [0.1, 0.15) is 25.3 Å². The van der Waals surface area contributed by atoms with Gasteiger partial charge >= 0.3 is 0 Å². The molecule has 1 aliphatic rings. The molecule has 2 N–H and O–H groups in total. The third-order valence-corrected chi connectivity index (χ3v) is 4.80. The molecule has 0 saturated carbocycles. The molecule has 1 saturated heterocycles. The Morgan fingerprint density at radius 2 is 2.17 bits per heavy atom. The molecule has 0 amide bonds. The molecule has 0 spiro atoms. The van der Waals surface area contributed by atoms with Gasteiger partial charge in [-0.25, -0.2) is 4.68 Å². The summed E-state index contributed by atoms with van der Waals surface area (Å²) < 4.78 is 13.0. The van der Waals surface area contributed by atoms with Gasteiger partial charge in [-0.3, -0.25) is 4.99 Å². The molecular weight excluding hydrogens is 493 g/mol. The van der Waals surface area contributed by atoms with Crippen molar-refractivity contribution in [1.82, 2.24) is 20.4 Å². The number of aliphatic imine (C=N–C) groups is 1. The van der Waals surface area contributed by atoms with Crippen LogP contribution in [-0.4, -0.2) is 61.8 Å². The minimum absolute atomic E-state index is 0. The van der Waals surface area contributed by atoms with Crippen LogP contribution in [0.25, 0.3) is 5.69 Å². The van der Waals surface area contributed by atoms with E-state index in [1.165, 1.54) is 5.56 Å². The van der Waals surface area contributed by atoms with Gasteiger partial charge in [-0.2, -0.15) is 5.10 Å². The fourth-order valence-corrected chi connectivity index (χ4v) is 3.20. The largest absolute Gasteiger partial charge is 0.381 e. The predicted molar refractivity (Wildman–Crippen MR) is 131 cm³/mol. The second-order valence-electron chi connectivity index (χ2n) is 7.22. The van der Waals surface area contributed by atoms with Crippen LogP contribution in [0.4, 0.5) is 0 Å². The summed E-state index contributed by atoms with van der Waals surface area (Å²) in [7, 11) is 0. The monoisotopic (exact) mass is 527 g/mol. The van der Waals surface area contributed by atoms with E-state index in [9.17, 15) is 0 Å². The van der Waals surface area contributed by atoms with Crippen LogP contribution in [0.5, 0.6) is 0 Å². The van der Waals surface area contributed by atoms with Gasteiger partial charge in [-0.1, -0.05) is 18.2 Å². The number of hydrogen-bond acceptors (Lipinski definition) is 4. The first-order valence-electron chi connectivity index (χ1n) is 10.6. The van der Waals surface area contributed by atoms with Gasteiger partial charge < -0.3 is 20.1 Å². The minimum atomic E-state index is 0. The van der Waals surface area contributed by atoms with Crippen molar-refractivity contribution in [3.8, 4) is 5.69 Å². The zero-order valence-electron chi connectivity index (χ0n) is 17.8. The van der Waals surface area contributed by atoms with E-state index in [4.69, 9.17) is 9.47 Å². The van der Waals surface area contributed by atoms with E-state index in [1.54, 1.807) is 0 Å². The number of nitrogens with one attached hydrogen (secondary N) is 2. The second-order valence-corrected chi connectivity index (χ2v) is 7.22. The van der Waals surface area contributed by atoms with Crippen molar-refractivity contribution in [3.05, 3.63) is 48.3 Å². The fraction of sp³-hybridized carbons (Fsp3) is 0.545. The lowest BCUT2D eigenvalue weighted by Crippen LogP contribution is -2.38. The van der Waals surface area contributed by atoms with Crippen LogP contribution in [0, 0.1) is 5.92 Å². The fourth-order valence-electron chi connectivity index (χ4n) is 3.20. The maximum absolute atomic E-state index is 5.74. The van der Waals surface area contributed by atoms with Crippen molar-refractivity contribution in [2.45, 2.75) is 26.2 Å². The highest BCUT2D eigenvalue weighted by molar-refractivity contribution is 14.0. The maximum Gasteiger partial charge on any atom is 0.191 e. The van der Waals surface area contributed by atoms with E-state index in [2.05, 4.69) is 46.0 Å². The van der Waals surface area contributed by atoms with Crippen LogP contribution in [0.15, 0.2) is 47.7 Å². The number of para-hydroxylation sites is 1. The number of ether oxygens (including phenoxy) is 2. The Labute approximate surface area is 196 Å². The minimum Gasteiger partial charge on any atom is -0.381 e. The zero-order valence-corrected chi connectivity index (χ0v) is 20.1. The third-order valence-electron chi connectivity index (χ3n) is 4.80. The van der Waals surface area contributed by atoms with Gasteiger partial charge in [0.2, 0.25) is 0 Å². The van der Waals surface area contributed by atoms with Gasteiger partial charge in [0.1, 0.15) is 0 Å². The molecule has 1 fully saturated rings. The van der Waals surface area contributed by atoms with Crippen LogP contribution >= 0.6 is 24.0 Å². The topological polar surface area (TPSA) is 72.7 Å². The lowest BCUT2D eigenvalue weighted by Gasteiger charge is -2.11. The lowest BCUT2D eigenvalue weighted by atomic mass is 10.1. The Morgan fingerprint density at radius 1 is 1.30 bits per heavy atom. The first kappa shape index (κ1) is 24.6. The molecule has 0 aliphatic carbocycles. The second kappa shape index (κ2) is 14.4. The lowest BCUT2D eigenvalue weighted by molar-refractivity contribution is 0.0893. The third kappa shape index (κ3) is 8.61. The number of guanidine groups is 1.